The van der Waals surface area contributed by atoms with E-state index in [4.69, 9.17) is 4.42 Å². The fraction of sp³-hybridized carbons (Fsp3) is 0.158. The Hall–Kier alpha value is -2.76. The minimum absolute atomic E-state index is 0.172. The third-order valence-electron chi connectivity index (χ3n) is 3.83. The number of hydrogen-bond donors (Lipinski definition) is 4. The van der Waals surface area contributed by atoms with Gasteiger partial charge in [0.2, 0.25) is 0 Å². The highest BCUT2D eigenvalue weighted by Crippen LogP contribution is 2.27. The molecule has 1 heterocycles. The van der Waals surface area contributed by atoms with Crippen LogP contribution < -0.4 is 5.32 Å². The van der Waals surface area contributed by atoms with E-state index in [0.29, 0.717) is 11.5 Å². The van der Waals surface area contributed by atoms with Crippen LogP contribution in [0.25, 0.3) is 11.3 Å². The lowest BCUT2D eigenvalue weighted by Crippen LogP contribution is -2.23. The van der Waals surface area contributed by atoms with Crippen molar-refractivity contribution in [3.63, 3.8) is 0 Å². The number of rotatable bonds is 5. The Morgan fingerprint density at radius 2 is 1.67 bits per heavy atom. The molecule has 0 saturated carbocycles. The Labute approximate surface area is 139 Å². The first-order valence-corrected chi connectivity index (χ1v) is 7.65. The van der Waals surface area contributed by atoms with Gasteiger partial charge in [-0.2, -0.15) is 0 Å². The van der Waals surface area contributed by atoms with Crippen molar-refractivity contribution < 1.29 is 19.7 Å². The Morgan fingerprint density at radius 1 is 0.917 bits per heavy atom. The van der Waals surface area contributed by atoms with Gasteiger partial charge in [-0.25, -0.2) is 0 Å². The van der Waals surface area contributed by atoms with E-state index < -0.39 is 6.23 Å². The topological polar surface area (TPSA) is 85.9 Å². The minimum atomic E-state index is -0.979. The number of aromatic hydroxyl groups is 2. The second-order valence-corrected chi connectivity index (χ2v) is 5.63. The normalized spacial score (nSPS) is 13.6. The molecule has 2 aromatic carbocycles. The van der Waals surface area contributed by atoms with Crippen molar-refractivity contribution in [2.45, 2.75) is 19.2 Å². The van der Waals surface area contributed by atoms with Crippen LogP contribution in [0, 0.1) is 0 Å². The lowest BCUT2D eigenvalue weighted by molar-refractivity contribution is 0.103. The van der Waals surface area contributed by atoms with E-state index in [9.17, 15) is 15.3 Å². The number of nitrogens with one attached hydrogen (secondary N) is 1. The zero-order chi connectivity index (χ0) is 17.1. The van der Waals surface area contributed by atoms with Crippen molar-refractivity contribution in [2.75, 3.05) is 0 Å². The maximum absolute atomic E-state index is 10.3. The zero-order valence-electron chi connectivity index (χ0n) is 13.2. The predicted molar refractivity (Wildman–Crippen MR) is 90.4 cm³/mol. The third kappa shape index (κ3) is 3.59. The molecular formula is C19H19NO4. The molecule has 5 heteroatoms. The molecule has 0 aliphatic rings. The highest BCUT2D eigenvalue weighted by atomic mass is 16.4. The minimum Gasteiger partial charge on any atom is -0.508 e. The number of furan rings is 1. The lowest BCUT2D eigenvalue weighted by atomic mass is 10.1. The molecule has 0 aliphatic heterocycles. The van der Waals surface area contributed by atoms with Crippen LogP contribution in [0.2, 0.25) is 0 Å². The summed E-state index contributed by atoms with van der Waals surface area (Å²) in [4.78, 5) is 0. The molecule has 0 aliphatic carbocycles. The SMILES string of the molecule is CC(NC(O)c1ccc(-c2ccc(O)cc2)o1)c1cccc(O)c1. The van der Waals surface area contributed by atoms with Crippen LogP contribution in [0.1, 0.15) is 30.5 Å². The molecule has 0 saturated heterocycles. The molecule has 0 radical (unpaired) electrons. The summed E-state index contributed by atoms with van der Waals surface area (Å²) in [5, 5.41) is 32.2. The molecule has 124 valence electrons. The third-order valence-corrected chi connectivity index (χ3v) is 3.83. The van der Waals surface area contributed by atoms with E-state index in [1.54, 1.807) is 54.6 Å². The fourth-order valence-electron chi connectivity index (χ4n) is 2.49. The highest BCUT2D eigenvalue weighted by molar-refractivity contribution is 5.58. The Balaban J connectivity index is 1.71. The molecule has 3 rings (SSSR count). The maximum Gasteiger partial charge on any atom is 0.164 e. The van der Waals surface area contributed by atoms with E-state index in [-0.39, 0.29) is 17.5 Å². The fourth-order valence-corrected chi connectivity index (χ4v) is 2.49. The first-order chi connectivity index (χ1) is 11.5. The zero-order valence-corrected chi connectivity index (χ0v) is 13.2. The molecule has 2 atom stereocenters. The Bertz CT molecular complexity index is 810. The first-order valence-electron chi connectivity index (χ1n) is 7.65. The first kappa shape index (κ1) is 16.1. The molecule has 1 aromatic heterocycles. The van der Waals surface area contributed by atoms with Gasteiger partial charge in [-0.15, -0.1) is 0 Å². The van der Waals surface area contributed by atoms with Crippen LogP contribution in [-0.2, 0) is 0 Å². The van der Waals surface area contributed by atoms with Crippen LogP contribution in [0.5, 0.6) is 11.5 Å². The van der Waals surface area contributed by atoms with E-state index in [1.807, 2.05) is 13.0 Å². The van der Waals surface area contributed by atoms with Gasteiger partial charge in [-0.3, -0.25) is 5.32 Å². The van der Waals surface area contributed by atoms with Crippen LogP contribution in [-0.4, -0.2) is 15.3 Å². The molecule has 3 aromatic rings. The summed E-state index contributed by atoms with van der Waals surface area (Å²) in [6.45, 7) is 1.89. The van der Waals surface area contributed by atoms with Crippen molar-refractivity contribution in [3.8, 4) is 22.8 Å². The van der Waals surface area contributed by atoms with E-state index in [2.05, 4.69) is 5.32 Å². The van der Waals surface area contributed by atoms with Crippen LogP contribution >= 0.6 is 0 Å². The van der Waals surface area contributed by atoms with Gasteiger partial charge in [0.05, 0.1) is 0 Å². The van der Waals surface area contributed by atoms with Crippen LogP contribution in [0.15, 0.2) is 65.1 Å². The summed E-state index contributed by atoms with van der Waals surface area (Å²) in [6, 6.07) is 16.8. The number of hydrogen-bond acceptors (Lipinski definition) is 5. The van der Waals surface area contributed by atoms with Crippen molar-refractivity contribution in [2.24, 2.45) is 0 Å². The summed E-state index contributed by atoms with van der Waals surface area (Å²) < 4.78 is 5.69. The Morgan fingerprint density at radius 3 is 2.38 bits per heavy atom. The monoisotopic (exact) mass is 325 g/mol. The summed E-state index contributed by atoms with van der Waals surface area (Å²) in [5.41, 5.74) is 1.67. The molecular weight excluding hydrogens is 306 g/mol. The van der Waals surface area contributed by atoms with E-state index in [0.717, 1.165) is 11.1 Å². The number of benzene rings is 2. The number of phenols is 2. The second kappa shape index (κ2) is 6.78. The molecule has 2 unspecified atom stereocenters. The van der Waals surface area contributed by atoms with Gasteiger partial charge < -0.3 is 19.7 Å². The number of aliphatic hydroxyl groups is 1. The van der Waals surface area contributed by atoms with E-state index >= 15 is 0 Å². The average Bonchev–Trinajstić information content (AvgIpc) is 3.05. The van der Waals surface area contributed by atoms with Crippen LogP contribution in [0.3, 0.4) is 0 Å². The summed E-state index contributed by atoms with van der Waals surface area (Å²) in [5.74, 6) is 1.37. The maximum atomic E-state index is 10.3. The summed E-state index contributed by atoms with van der Waals surface area (Å²) in [6.07, 6.45) is -0.979. The summed E-state index contributed by atoms with van der Waals surface area (Å²) >= 11 is 0. The Kier molecular flexibility index (Phi) is 4.55. The van der Waals surface area contributed by atoms with Gasteiger partial charge in [0.25, 0.3) is 0 Å². The van der Waals surface area contributed by atoms with Gasteiger partial charge in [0.15, 0.2) is 6.23 Å². The van der Waals surface area contributed by atoms with E-state index in [1.165, 1.54) is 0 Å². The molecule has 0 amide bonds. The van der Waals surface area contributed by atoms with Gasteiger partial charge in [0, 0.05) is 11.6 Å². The van der Waals surface area contributed by atoms with Gasteiger partial charge in [-0.1, -0.05) is 12.1 Å². The van der Waals surface area contributed by atoms with Crippen molar-refractivity contribution in [3.05, 3.63) is 72.0 Å². The predicted octanol–water partition coefficient (Wildman–Crippen LogP) is 3.70. The van der Waals surface area contributed by atoms with Gasteiger partial charge in [0.1, 0.15) is 23.0 Å². The highest BCUT2D eigenvalue weighted by Gasteiger charge is 2.16. The van der Waals surface area contributed by atoms with Gasteiger partial charge in [-0.05, 0) is 61.0 Å². The molecule has 0 fully saturated rings. The molecule has 0 bridgehead atoms. The van der Waals surface area contributed by atoms with Crippen molar-refractivity contribution in [1.82, 2.24) is 5.32 Å². The number of phenolic OH excluding ortho intramolecular Hbond substituents is 2. The van der Waals surface area contributed by atoms with Gasteiger partial charge >= 0.3 is 0 Å². The standard InChI is InChI=1S/C19H19NO4/c1-12(14-3-2-4-16(22)11-14)20-19(23)18-10-9-17(24-18)13-5-7-15(21)8-6-13/h2-12,19-23H,1H3. The molecule has 24 heavy (non-hydrogen) atoms. The van der Waals surface area contributed by atoms with Crippen molar-refractivity contribution in [1.29, 1.82) is 0 Å². The molecule has 0 spiro atoms. The largest absolute Gasteiger partial charge is 0.508 e. The summed E-state index contributed by atoms with van der Waals surface area (Å²) in [7, 11) is 0. The average molecular weight is 325 g/mol. The smallest absolute Gasteiger partial charge is 0.164 e. The quantitative estimate of drug-likeness (QED) is 0.537. The molecule has 5 nitrogen and oxygen atoms in total. The van der Waals surface area contributed by atoms with Crippen molar-refractivity contribution >= 4 is 0 Å². The van der Waals surface area contributed by atoms with Crippen LogP contribution in [0.4, 0.5) is 0 Å². The molecule has 4 N–H and O–H groups in total. The lowest BCUT2D eigenvalue weighted by Gasteiger charge is -2.18. The second-order valence-electron chi connectivity index (χ2n) is 5.63. The number of aliphatic hydroxyl groups excluding tert-OH is 1.